The summed E-state index contributed by atoms with van der Waals surface area (Å²) in [5.41, 5.74) is 6.33. The smallest absolute Gasteiger partial charge is 0.0460 e. The number of benzene rings is 3. The average Bonchev–Trinajstić information content (AvgIpc) is 2.89. The van der Waals surface area contributed by atoms with Gasteiger partial charge in [-0.3, -0.25) is 0 Å². The van der Waals surface area contributed by atoms with Crippen LogP contribution in [0.3, 0.4) is 0 Å². The largest absolute Gasteiger partial charge is 0.361 e. The molecule has 3 aromatic carbocycles. The van der Waals surface area contributed by atoms with Crippen molar-refractivity contribution in [3.63, 3.8) is 0 Å². The predicted molar refractivity (Wildman–Crippen MR) is 90.7 cm³/mol. The van der Waals surface area contributed by atoms with Gasteiger partial charge in [0.25, 0.3) is 0 Å². The zero-order valence-corrected chi connectivity index (χ0v) is 12.3. The number of aryl methyl sites for hydroxylation is 2. The first-order valence-corrected chi connectivity index (χ1v) is 7.29. The molecule has 1 aromatic heterocycles. The molecule has 0 unspecified atom stereocenters. The maximum absolute atomic E-state index is 3.37. The van der Waals surface area contributed by atoms with Crippen LogP contribution in [0.1, 0.15) is 11.1 Å². The van der Waals surface area contributed by atoms with Gasteiger partial charge in [0.15, 0.2) is 0 Å². The highest BCUT2D eigenvalue weighted by Gasteiger charge is 2.07. The maximum atomic E-state index is 3.37. The fraction of sp³-hybridized carbons (Fsp3) is 0.100. The molecule has 0 amide bonds. The van der Waals surface area contributed by atoms with Crippen LogP contribution in [0.5, 0.6) is 0 Å². The predicted octanol–water partition coefficient (Wildman–Crippen LogP) is 5.60. The van der Waals surface area contributed by atoms with Crippen LogP contribution in [-0.2, 0) is 0 Å². The van der Waals surface area contributed by atoms with E-state index in [0.717, 1.165) is 0 Å². The topological polar surface area (TPSA) is 15.8 Å². The van der Waals surface area contributed by atoms with Crippen molar-refractivity contribution in [2.45, 2.75) is 13.8 Å². The van der Waals surface area contributed by atoms with Crippen molar-refractivity contribution >= 4 is 21.7 Å². The maximum Gasteiger partial charge on any atom is 0.0460 e. The van der Waals surface area contributed by atoms with Gasteiger partial charge < -0.3 is 4.98 Å². The molecule has 1 heterocycles. The van der Waals surface area contributed by atoms with Gasteiger partial charge in [0, 0.05) is 22.7 Å². The summed E-state index contributed by atoms with van der Waals surface area (Å²) >= 11 is 0. The van der Waals surface area contributed by atoms with Crippen molar-refractivity contribution in [1.82, 2.24) is 4.98 Å². The fourth-order valence-corrected chi connectivity index (χ4v) is 3.01. The molecule has 0 atom stereocenters. The Bertz CT molecular complexity index is 960. The van der Waals surface area contributed by atoms with Crippen molar-refractivity contribution in [2.24, 2.45) is 0 Å². The Labute approximate surface area is 124 Å². The van der Waals surface area contributed by atoms with Gasteiger partial charge in [-0.05, 0) is 48.4 Å². The van der Waals surface area contributed by atoms with E-state index in [-0.39, 0.29) is 0 Å². The molecule has 102 valence electrons. The van der Waals surface area contributed by atoms with Crippen molar-refractivity contribution in [3.8, 4) is 11.1 Å². The van der Waals surface area contributed by atoms with Crippen molar-refractivity contribution in [2.75, 3.05) is 0 Å². The second-order valence-corrected chi connectivity index (χ2v) is 5.82. The van der Waals surface area contributed by atoms with Gasteiger partial charge in [-0.2, -0.15) is 0 Å². The van der Waals surface area contributed by atoms with Crippen LogP contribution in [-0.4, -0.2) is 4.98 Å². The van der Waals surface area contributed by atoms with Gasteiger partial charge in [-0.25, -0.2) is 0 Å². The van der Waals surface area contributed by atoms with E-state index in [0.29, 0.717) is 0 Å². The van der Waals surface area contributed by atoms with Crippen LogP contribution in [0, 0.1) is 13.8 Å². The molecule has 0 fully saturated rings. The molecule has 1 heteroatoms. The summed E-state index contributed by atoms with van der Waals surface area (Å²) in [6.07, 6.45) is 2.11. The first-order chi connectivity index (χ1) is 10.2. The molecule has 0 aliphatic carbocycles. The third-order valence-corrected chi connectivity index (χ3v) is 4.14. The Hall–Kier alpha value is -2.54. The van der Waals surface area contributed by atoms with Gasteiger partial charge in [0.2, 0.25) is 0 Å². The number of rotatable bonds is 1. The zero-order chi connectivity index (χ0) is 14.4. The first kappa shape index (κ1) is 12.2. The summed E-state index contributed by atoms with van der Waals surface area (Å²) in [6.45, 7) is 4.27. The molecule has 0 aliphatic rings. The number of nitrogens with one attached hydrogen (secondary N) is 1. The van der Waals surface area contributed by atoms with Gasteiger partial charge in [-0.15, -0.1) is 0 Å². The highest BCUT2D eigenvalue weighted by atomic mass is 14.7. The Balaban J connectivity index is 1.95. The van der Waals surface area contributed by atoms with Crippen LogP contribution in [0.2, 0.25) is 0 Å². The van der Waals surface area contributed by atoms with Crippen LogP contribution in [0.15, 0.2) is 60.8 Å². The highest BCUT2D eigenvalue weighted by molar-refractivity contribution is 5.98. The van der Waals surface area contributed by atoms with E-state index in [1.54, 1.807) is 0 Å². The number of aromatic nitrogens is 1. The number of aromatic amines is 1. The molecular formula is C20H17N. The van der Waals surface area contributed by atoms with Crippen LogP contribution < -0.4 is 0 Å². The standard InChI is InChI=1S/C20H17N/c1-13-3-5-16-11-17(7-6-15(16)9-13)19-12-21-20-8-4-14(2)10-18(19)20/h3-12,21H,1-2H3. The summed E-state index contributed by atoms with van der Waals surface area (Å²) in [4.78, 5) is 3.37. The minimum atomic E-state index is 1.19. The lowest BCUT2D eigenvalue weighted by molar-refractivity contribution is 1.46. The lowest BCUT2D eigenvalue weighted by atomic mass is 9.99. The molecule has 1 N–H and O–H groups in total. The second kappa shape index (κ2) is 4.49. The number of hydrogen-bond donors (Lipinski definition) is 1. The Morgan fingerprint density at radius 1 is 0.714 bits per heavy atom. The molecule has 4 rings (SSSR count). The van der Waals surface area contributed by atoms with E-state index in [1.165, 1.54) is 43.9 Å². The van der Waals surface area contributed by atoms with Crippen LogP contribution in [0.25, 0.3) is 32.8 Å². The number of H-pyrrole nitrogens is 1. The summed E-state index contributed by atoms with van der Waals surface area (Å²) < 4.78 is 0. The third-order valence-electron chi connectivity index (χ3n) is 4.14. The average molecular weight is 271 g/mol. The molecule has 0 aliphatic heterocycles. The van der Waals surface area contributed by atoms with Gasteiger partial charge in [0.1, 0.15) is 0 Å². The third kappa shape index (κ3) is 2.02. The van der Waals surface area contributed by atoms with E-state index in [2.05, 4.69) is 79.6 Å². The van der Waals surface area contributed by atoms with Gasteiger partial charge >= 0.3 is 0 Å². The Kier molecular flexibility index (Phi) is 2.61. The number of fused-ring (bicyclic) bond motifs is 2. The molecular weight excluding hydrogens is 254 g/mol. The van der Waals surface area contributed by atoms with E-state index < -0.39 is 0 Å². The molecule has 4 aromatic rings. The van der Waals surface area contributed by atoms with Crippen LogP contribution in [0.4, 0.5) is 0 Å². The summed E-state index contributed by atoms with van der Waals surface area (Å²) in [5.74, 6) is 0. The van der Waals surface area contributed by atoms with Crippen LogP contribution >= 0.6 is 0 Å². The molecule has 0 radical (unpaired) electrons. The molecule has 0 spiro atoms. The number of hydrogen-bond acceptors (Lipinski definition) is 0. The monoisotopic (exact) mass is 271 g/mol. The van der Waals surface area contributed by atoms with E-state index in [9.17, 15) is 0 Å². The van der Waals surface area contributed by atoms with Crippen molar-refractivity contribution in [1.29, 1.82) is 0 Å². The Morgan fingerprint density at radius 3 is 2.33 bits per heavy atom. The minimum absolute atomic E-state index is 1.19. The fourth-order valence-electron chi connectivity index (χ4n) is 3.01. The quantitative estimate of drug-likeness (QED) is 0.463. The minimum Gasteiger partial charge on any atom is -0.361 e. The van der Waals surface area contributed by atoms with Crippen molar-refractivity contribution in [3.05, 3.63) is 71.9 Å². The molecule has 1 nitrogen and oxygen atoms in total. The lowest BCUT2D eigenvalue weighted by Crippen LogP contribution is -1.80. The van der Waals surface area contributed by atoms with Gasteiger partial charge in [-0.1, -0.05) is 47.5 Å². The Morgan fingerprint density at radius 2 is 1.43 bits per heavy atom. The van der Waals surface area contributed by atoms with E-state index >= 15 is 0 Å². The molecule has 0 saturated carbocycles. The molecule has 0 bridgehead atoms. The zero-order valence-electron chi connectivity index (χ0n) is 12.3. The van der Waals surface area contributed by atoms with Gasteiger partial charge in [0.05, 0.1) is 0 Å². The normalized spacial score (nSPS) is 11.3. The molecule has 21 heavy (non-hydrogen) atoms. The highest BCUT2D eigenvalue weighted by Crippen LogP contribution is 2.31. The summed E-state index contributed by atoms with van der Waals surface area (Å²) in [6, 6.07) is 19.9. The summed E-state index contributed by atoms with van der Waals surface area (Å²) in [7, 11) is 0. The molecule has 0 saturated heterocycles. The lowest BCUT2D eigenvalue weighted by Gasteiger charge is -2.04. The summed E-state index contributed by atoms with van der Waals surface area (Å²) in [5, 5.41) is 3.89. The SMILES string of the molecule is Cc1ccc2cc(-c3c[nH]c4ccc(C)cc34)ccc2c1. The van der Waals surface area contributed by atoms with E-state index in [4.69, 9.17) is 0 Å². The second-order valence-electron chi connectivity index (χ2n) is 5.82. The van der Waals surface area contributed by atoms with E-state index in [1.807, 2.05) is 0 Å². The first-order valence-electron chi connectivity index (χ1n) is 7.29. The van der Waals surface area contributed by atoms with Crippen molar-refractivity contribution < 1.29 is 0 Å².